The smallest absolute Gasteiger partial charge is 0.179 e. The number of hydrogen-bond donors (Lipinski definition) is 0. The molecule has 12 heavy (non-hydrogen) atoms. The molecule has 2 nitrogen and oxygen atoms in total. The molecule has 0 bridgehead atoms. The van der Waals surface area contributed by atoms with Crippen LogP contribution in [0.4, 0.5) is 0 Å². The lowest BCUT2D eigenvalue weighted by atomic mass is 10.1. The van der Waals surface area contributed by atoms with Crippen molar-refractivity contribution in [3.63, 3.8) is 0 Å². The van der Waals surface area contributed by atoms with Crippen LogP contribution in [0.1, 0.15) is 24.4 Å². The number of pyridine rings is 1. The molecule has 1 aliphatic rings. The van der Waals surface area contributed by atoms with Gasteiger partial charge in [0.05, 0.1) is 0 Å². The predicted octanol–water partition coefficient (Wildman–Crippen LogP) is 1.63. The maximum Gasteiger partial charge on any atom is 0.179 e. The van der Waals surface area contributed by atoms with Crippen LogP contribution in [0.2, 0.25) is 0 Å². The van der Waals surface area contributed by atoms with Gasteiger partial charge in [0, 0.05) is 30.8 Å². The molecule has 1 fully saturated rings. The van der Waals surface area contributed by atoms with Crippen molar-refractivity contribution in [1.29, 1.82) is 0 Å². The Bertz CT molecular complexity index is 279. The highest BCUT2D eigenvalue weighted by atomic mass is 15.0. The van der Waals surface area contributed by atoms with Crippen LogP contribution < -0.4 is 0 Å². The van der Waals surface area contributed by atoms with E-state index < -0.39 is 0 Å². The number of aromatic nitrogens is 1. The lowest BCUT2D eigenvalue weighted by molar-refractivity contribution is -0.541. The molecular formula is C10H13N2+. The largest absolute Gasteiger partial charge is 0.264 e. The van der Waals surface area contributed by atoms with Crippen LogP contribution in [-0.2, 0) is 0 Å². The maximum absolute atomic E-state index is 4.11. The molecule has 0 aliphatic carbocycles. The van der Waals surface area contributed by atoms with Gasteiger partial charge in [0.25, 0.3) is 0 Å². The molecule has 0 radical (unpaired) electrons. The summed E-state index contributed by atoms with van der Waals surface area (Å²) in [6.45, 7) is 5.11. The van der Waals surface area contributed by atoms with Gasteiger partial charge in [-0.1, -0.05) is 0 Å². The van der Waals surface area contributed by atoms with E-state index in [4.69, 9.17) is 0 Å². The molecule has 2 heterocycles. The van der Waals surface area contributed by atoms with Gasteiger partial charge in [0.2, 0.25) is 0 Å². The third kappa shape index (κ3) is 1.24. The van der Waals surface area contributed by atoms with Crippen molar-refractivity contribution in [2.75, 3.05) is 6.54 Å². The van der Waals surface area contributed by atoms with E-state index in [2.05, 4.69) is 22.3 Å². The molecule has 2 heteroatoms. The molecule has 1 aromatic heterocycles. The minimum atomic E-state index is 0.499. The fourth-order valence-corrected chi connectivity index (χ4v) is 1.78. The Morgan fingerprint density at radius 3 is 3.08 bits per heavy atom. The highest BCUT2D eigenvalue weighted by Gasteiger charge is 2.27. The summed E-state index contributed by atoms with van der Waals surface area (Å²) in [4.78, 5) is 4.11. The summed E-state index contributed by atoms with van der Waals surface area (Å²) in [6, 6.07) is 4.61. The van der Waals surface area contributed by atoms with Gasteiger partial charge in [0.1, 0.15) is 13.3 Å². The van der Waals surface area contributed by atoms with E-state index in [1.807, 2.05) is 18.5 Å². The summed E-state index contributed by atoms with van der Waals surface area (Å²) in [5.74, 6) is 0. The van der Waals surface area contributed by atoms with E-state index in [0.717, 1.165) is 6.54 Å². The summed E-state index contributed by atoms with van der Waals surface area (Å²) in [5, 5.41) is 0. The molecule has 1 unspecified atom stereocenters. The summed E-state index contributed by atoms with van der Waals surface area (Å²) in [5.41, 5.74) is 1.30. The number of hydrogen-bond acceptors (Lipinski definition) is 1. The zero-order valence-corrected chi connectivity index (χ0v) is 7.11. The Kier molecular flexibility index (Phi) is 1.90. The van der Waals surface area contributed by atoms with Gasteiger partial charge in [-0.3, -0.25) is 4.98 Å². The first-order chi connectivity index (χ1) is 5.88. The molecule has 1 saturated heterocycles. The predicted molar refractivity (Wildman–Crippen MR) is 48.5 cm³/mol. The summed E-state index contributed by atoms with van der Waals surface area (Å²) >= 11 is 0. The summed E-state index contributed by atoms with van der Waals surface area (Å²) < 4.78 is 2.15. The van der Waals surface area contributed by atoms with Crippen LogP contribution in [0.15, 0.2) is 24.5 Å². The number of rotatable bonds is 1. The van der Waals surface area contributed by atoms with Crippen molar-refractivity contribution >= 4 is 6.72 Å². The SMILES string of the molecule is C=[N+]1CCCC1c1cccnc1. The molecule has 0 amide bonds. The Morgan fingerprint density at radius 1 is 1.58 bits per heavy atom. The second-order valence-electron chi connectivity index (χ2n) is 3.26. The molecule has 0 N–H and O–H groups in total. The summed E-state index contributed by atoms with van der Waals surface area (Å²) in [6.07, 6.45) is 6.22. The minimum absolute atomic E-state index is 0.499. The monoisotopic (exact) mass is 161 g/mol. The zero-order chi connectivity index (χ0) is 8.39. The van der Waals surface area contributed by atoms with Crippen LogP contribution in [0.25, 0.3) is 0 Å². The molecule has 0 spiro atoms. The normalized spacial score (nSPS) is 23.0. The standard InChI is InChI=1S/C10H13N2/c1-12-7-3-5-10(12)9-4-2-6-11-8-9/h2,4,6,8,10H,1,3,5,7H2/q+1. The van der Waals surface area contributed by atoms with Crippen molar-refractivity contribution in [3.05, 3.63) is 30.1 Å². The Hall–Kier alpha value is -1.18. The highest BCUT2D eigenvalue weighted by Crippen LogP contribution is 2.26. The first-order valence-corrected chi connectivity index (χ1v) is 4.35. The van der Waals surface area contributed by atoms with Crippen LogP contribution in [0, 0.1) is 0 Å². The Morgan fingerprint density at radius 2 is 2.50 bits per heavy atom. The van der Waals surface area contributed by atoms with E-state index in [1.165, 1.54) is 18.4 Å². The Balaban J connectivity index is 2.25. The highest BCUT2D eigenvalue weighted by molar-refractivity contribution is 5.19. The summed E-state index contributed by atoms with van der Waals surface area (Å²) in [7, 11) is 0. The van der Waals surface area contributed by atoms with Gasteiger partial charge in [-0.25, -0.2) is 4.58 Å². The van der Waals surface area contributed by atoms with E-state index >= 15 is 0 Å². The first kappa shape index (κ1) is 7.47. The van der Waals surface area contributed by atoms with Gasteiger partial charge in [-0.05, 0) is 12.1 Å². The molecule has 0 aromatic carbocycles. The van der Waals surface area contributed by atoms with Crippen LogP contribution in [-0.4, -0.2) is 22.8 Å². The molecule has 1 atom stereocenters. The topological polar surface area (TPSA) is 15.9 Å². The van der Waals surface area contributed by atoms with E-state index in [9.17, 15) is 0 Å². The first-order valence-electron chi connectivity index (χ1n) is 4.35. The van der Waals surface area contributed by atoms with Gasteiger partial charge >= 0.3 is 0 Å². The minimum Gasteiger partial charge on any atom is -0.264 e. The quantitative estimate of drug-likeness (QED) is 0.572. The second-order valence-corrected chi connectivity index (χ2v) is 3.26. The van der Waals surface area contributed by atoms with Crippen molar-refractivity contribution in [2.24, 2.45) is 0 Å². The van der Waals surface area contributed by atoms with Crippen LogP contribution in [0.5, 0.6) is 0 Å². The fourth-order valence-electron chi connectivity index (χ4n) is 1.78. The molecule has 62 valence electrons. The van der Waals surface area contributed by atoms with Crippen molar-refractivity contribution in [1.82, 2.24) is 4.98 Å². The van der Waals surface area contributed by atoms with E-state index in [0.29, 0.717) is 6.04 Å². The van der Waals surface area contributed by atoms with Gasteiger partial charge in [0.15, 0.2) is 6.04 Å². The van der Waals surface area contributed by atoms with Gasteiger partial charge in [-0.15, -0.1) is 0 Å². The van der Waals surface area contributed by atoms with Crippen LogP contribution >= 0.6 is 0 Å². The molecular weight excluding hydrogens is 148 g/mol. The average molecular weight is 161 g/mol. The van der Waals surface area contributed by atoms with Gasteiger partial charge < -0.3 is 0 Å². The third-order valence-electron chi connectivity index (χ3n) is 2.43. The molecule has 0 saturated carbocycles. The Labute approximate surface area is 72.6 Å². The number of nitrogens with zero attached hydrogens (tertiary/aromatic N) is 2. The lowest BCUT2D eigenvalue weighted by Crippen LogP contribution is -2.09. The molecule has 1 aromatic rings. The van der Waals surface area contributed by atoms with Crippen molar-refractivity contribution < 1.29 is 4.58 Å². The molecule has 1 aliphatic heterocycles. The van der Waals surface area contributed by atoms with Gasteiger partial charge in [-0.2, -0.15) is 0 Å². The lowest BCUT2D eigenvalue weighted by Gasteiger charge is -2.04. The fraction of sp³-hybridized carbons (Fsp3) is 0.400. The van der Waals surface area contributed by atoms with E-state index in [-0.39, 0.29) is 0 Å². The third-order valence-corrected chi connectivity index (χ3v) is 2.43. The van der Waals surface area contributed by atoms with Crippen LogP contribution in [0.3, 0.4) is 0 Å². The maximum atomic E-state index is 4.11. The van der Waals surface area contributed by atoms with Crippen molar-refractivity contribution in [2.45, 2.75) is 18.9 Å². The second kappa shape index (κ2) is 3.05. The van der Waals surface area contributed by atoms with E-state index in [1.54, 1.807) is 0 Å². The average Bonchev–Trinajstić information content (AvgIpc) is 2.53. The molecule has 2 rings (SSSR count). The van der Waals surface area contributed by atoms with Crippen molar-refractivity contribution in [3.8, 4) is 0 Å². The zero-order valence-electron chi connectivity index (χ0n) is 7.11.